The lowest BCUT2D eigenvalue weighted by atomic mass is 10.1. The minimum Gasteiger partial charge on any atom is -0.508 e. The minimum atomic E-state index is -0.0199. The van der Waals surface area contributed by atoms with Crippen LogP contribution in [0.5, 0.6) is 5.75 Å². The molecule has 0 spiro atoms. The highest BCUT2D eigenvalue weighted by Crippen LogP contribution is 2.16. The number of nitrogens with zero attached hydrogens (tertiary/aromatic N) is 1. The van der Waals surface area contributed by atoms with Crippen molar-refractivity contribution in [3.63, 3.8) is 0 Å². The average Bonchev–Trinajstić information content (AvgIpc) is 2.50. The van der Waals surface area contributed by atoms with Crippen LogP contribution in [0.4, 0.5) is 0 Å². The van der Waals surface area contributed by atoms with Crippen molar-refractivity contribution in [2.24, 2.45) is 0 Å². The molecule has 2 aromatic rings. The van der Waals surface area contributed by atoms with Gasteiger partial charge in [-0.05, 0) is 37.4 Å². The smallest absolute Gasteiger partial charge is 0.224 e. The molecule has 1 unspecified atom stereocenters. The van der Waals surface area contributed by atoms with Gasteiger partial charge in [-0.25, -0.2) is 0 Å². The van der Waals surface area contributed by atoms with Crippen LogP contribution in [0.2, 0.25) is 0 Å². The summed E-state index contributed by atoms with van der Waals surface area (Å²) in [7, 11) is 4.01. The van der Waals surface area contributed by atoms with E-state index in [2.05, 4.69) is 22.3 Å². The van der Waals surface area contributed by atoms with Crippen molar-refractivity contribution < 1.29 is 9.90 Å². The van der Waals surface area contributed by atoms with Gasteiger partial charge in [-0.2, -0.15) is 0 Å². The molecular weight excluding hydrogens is 276 g/mol. The Morgan fingerprint density at radius 2 is 1.73 bits per heavy atom. The Hall–Kier alpha value is -2.33. The first kappa shape index (κ1) is 16.0. The first-order valence-corrected chi connectivity index (χ1v) is 7.32. The molecule has 0 saturated heterocycles. The van der Waals surface area contributed by atoms with Gasteiger partial charge >= 0.3 is 0 Å². The number of hydrogen-bond donors (Lipinski definition) is 2. The number of phenolic OH excluding ortho intramolecular Hbond substituents is 1. The molecule has 2 aromatic carbocycles. The Morgan fingerprint density at radius 1 is 1.09 bits per heavy atom. The van der Waals surface area contributed by atoms with Gasteiger partial charge in [0.05, 0.1) is 12.5 Å². The van der Waals surface area contributed by atoms with Crippen LogP contribution in [0.15, 0.2) is 54.6 Å². The summed E-state index contributed by atoms with van der Waals surface area (Å²) in [5.41, 5.74) is 2.06. The number of likely N-dealkylation sites (N-methyl/N-ethyl adjacent to an activating group) is 1. The molecule has 1 amide bonds. The lowest BCUT2D eigenvalue weighted by Gasteiger charge is -2.25. The zero-order valence-electron chi connectivity index (χ0n) is 13.0. The van der Waals surface area contributed by atoms with E-state index in [1.54, 1.807) is 24.3 Å². The quantitative estimate of drug-likeness (QED) is 0.861. The molecule has 0 heterocycles. The average molecular weight is 298 g/mol. The van der Waals surface area contributed by atoms with Crippen molar-refractivity contribution in [1.82, 2.24) is 10.2 Å². The monoisotopic (exact) mass is 298 g/mol. The third-order valence-electron chi connectivity index (χ3n) is 3.60. The summed E-state index contributed by atoms with van der Waals surface area (Å²) >= 11 is 0. The van der Waals surface area contributed by atoms with E-state index in [1.165, 1.54) is 5.56 Å². The van der Waals surface area contributed by atoms with E-state index in [0.29, 0.717) is 13.0 Å². The first-order valence-electron chi connectivity index (χ1n) is 7.32. The summed E-state index contributed by atoms with van der Waals surface area (Å²) in [6.45, 7) is 0.563. The number of nitrogens with one attached hydrogen (secondary N) is 1. The van der Waals surface area contributed by atoms with E-state index in [4.69, 9.17) is 0 Å². The number of aromatic hydroxyl groups is 1. The number of benzene rings is 2. The maximum absolute atomic E-state index is 12.1. The summed E-state index contributed by atoms with van der Waals surface area (Å²) in [6, 6.07) is 17.0. The third-order valence-corrected chi connectivity index (χ3v) is 3.60. The van der Waals surface area contributed by atoms with Gasteiger partial charge in [0.2, 0.25) is 5.91 Å². The third kappa shape index (κ3) is 4.60. The minimum absolute atomic E-state index is 0.0199. The SMILES string of the molecule is CN(C)C(CNC(=O)Cc1ccc(O)cc1)c1ccccc1. The number of carbonyl (C=O) groups excluding carboxylic acids is 1. The number of amides is 1. The second kappa shape index (κ2) is 7.61. The molecule has 116 valence electrons. The molecule has 0 aliphatic rings. The number of carbonyl (C=O) groups is 1. The zero-order valence-corrected chi connectivity index (χ0v) is 13.0. The van der Waals surface area contributed by atoms with Gasteiger partial charge < -0.3 is 15.3 Å². The predicted molar refractivity (Wildman–Crippen MR) is 87.7 cm³/mol. The molecule has 0 radical (unpaired) electrons. The first-order chi connectivity index (χ1) is 10.6. The van der Waals surface area contributed by atoms with Crippen molar-refractivity contribution in [2.45, 2.75) is 12.5 Å². The van der Waals surface area contributed by atoms with Crippen molar-refractivity contribution in [3.05, 3.63) is 65.7 Å². The summed E-state index contributed by atoms with van der Waals surface area (Å²) in [5.74, 6) is 0.189. The van der Waals surface area contributed by atoms with Crippen LogP contribution in [-0.2, 0) is 11.2 Å². The second-order valence-electron chi connectivity index (χ2n) is 5.54. The number of hydrogen-bond acceptors (Lipinski definition) is 3. The van der Waals surface area contributed by atoms with Crippen LogP contribution in [0.1, 0.15) is 17.2 Å². The van der Waals surface area contributed by atoms with Gasteiger partial charge in [-0.1, -0.05) is 42.5 Å². The standard InChI is InChI=1S/C18H22N2O2/c1-20(2)17(15-6-4-3-5-7-15)13-19-18(22)12-14-8-10-16(21)11-9-14/h3-11,17,21H,12-13H2,1-2H3,(H,19,22). The molecule has 2 N–H and O–H groups in total. The number of rotatable bonds is 6. The van der Waals surface area contributed by atoms with Crippen LogP contribution in [0.25, 0.3) is 0 Å². The molecule has 0 saturated carbocycles. The van der Waals surface area contributed by atoms with Gasteiger partial charge in [0.1, 0.15) is 5.75 Å². The van der Waals surface area contributed by atoms with Crippen LogP contribution in [0, 0.1) is 0 Å². The molecule has 1 atom stereocenters. The summed E-state index contributed by atoms with van der Waals surface area (Å²) in [4.78, 5) is 14.2. The fraction of sp³-hybridized carbons (Fsp3) is 0.278. The highest BCUT2D eigenvalue weighted by atomic mass is 16.3. The Bertz CT molecular complexity index is 594. The maximum Gasteiger partial charge on any atom is 0.224 e. The zero-order chi connectivity index (χ0) is 15.9. The van der Waals surface area contributed by atoms with Gasteiger partial charge in [0, 0.05) is 6.54 Å². The van der Waals surface area contributed by atoms with E-state index in [-0.39, 0.29) is 17.7 Å². The van der Waals surface area contributed by atoms with Crippen molar-refractivity contribution in [2.75, 3.05) is 20.6 Å². The molecular formula is C18H22N2O2. The van der Waals surface area contributed by atoms with Gasteiger partial charge in [-0.3, -0.25) is 4.79 Å². The maximum atomic E-state index is 12.1. The normalized spacial score (nSPS) is 12.1. The molecule has 2 rings (SSSR count). The van der Waals surface area contributed by atoms with Gasteiger partial charge in [0.15, 0.2) is 0 Å². The lowest BCUT2D eigenvalue weighted by Crippen LogP contribution is -2.35. The Kier molecular flexibility index (Phi) is 5.55. The largest absolute Gasteiger partial charge is 0.508 e. The molecule has 0 aliphatic carbocycles. The fourth-order valence-corrected chi connectivity index (χ4v) is 2.35. The molecule has 4 heteroatoms. The second-order valence-corrected chi connectivity index (χ2v) is 5.54. The van der Waals surface area contributed by atoms with E-state index in [1.807, 2.05) is 32.3 Å². The Labute approximate surface area is 131 Å². The highest BCUT2D eigenvalue weighted by molar-refractivity contribution is 5.78. The summed E-state index contributed by atoms with van der Waals surface area (Å²) < 4.78 is 0. The van der Waals surface area contributed by atoms with Crippen molar-refractivity contribution in [3.8, 4) is 5.75 Å². The highest BCUT2D eigenvalue weighted by Gasteiger charge is 2.15. The Balaban J connectivity index is 1.92. The topological polar surface area (TPSA) is 52.6 Å². The van der Waals surface area contributed by atoms with Gasteiger partial charge in [-0.15, -0.1) is 0 Å². The molecule has 0 aromatic heterocycles. The van der Waals surface area contributed by atoms with Crippen LogP contribution in [0.3, 0.4) is 0 Å². The van der Waals surface area contributed by atoms with Crippen LogP contribution in [-0.4, -0.2) is 36.6 Å². The number of phenols is 1. The molecule has 0 aliphatic heterocycles. The van der Waals surface area contributed by atoms with E-state index < -0.39 is 0 Å². The van der Waals surface area contributed by atoms with Crippen LogP contribution < -0.4 is 5.32 Å². The van der Waals surface area contributed by atoms with E-state index >= 15 is 0 Å². The molecule has 0 fully saturated rings. The molecule has 0 bridgehead atoms. The Morgan fingerprint density at radius 3 is 2.32 bits per heavy atom. The van der Waals surface area contributed by atoms with Crippen LogP contribution >= 0.6 is 0 Å². The van der Waals surface area contributed by atoms with E-state index in [9.17, 15) is 9.90 Å². The lowest BCUT2D eigenvalue weighted by molar-refractivity contribution is -0.120. The predicted octanol–water partition coefficient (Wildman–Crippen LogP) is 2.35. The van der Waals surface area contributed by atoms with Gasteiger partial charge in [0.25, 0.3) is 0 Å². The summed E-state index contributed by atoms with van der Waals surface area (Å²) in [5, 5.41) is 12.2. The van der Waals surface area contributed by atoms with E-state index in [0.717, 1.165) is 5.56 Å². The van der Waals surface area contributed by atoms with Crippen molar-refractivity contribution in [1.29, 1.82) is 0 Å². The molecule has 22 heavy (non-hydrogen) atoms. The molecule has 4 nitrogen and oxygen atoms in total. The summed E-state index contributed by atoms with van der Waals surface area (Å²) in [6.07, 6.45) is 0.315. The van der Waals surface area contributed by atoms with Crippen molar-refractivity contribution >= 4 is 5.91 Å². The fourth-order valence-electron chi connectivity index (χ4n) is 2.35.